The second-order valence-electron chi connectivity index (χ2n) is 7.65. The second kappa shape index (κ2) is 9.99. The SMILES string of the molecule is CCCN(CCC)C(=O)c1c[nH]c2ccc(S(=O)(=O)Nc3ccccc3CC)cc2c1=O. The van der Waals surface area contributed by atoms with E-state index >= 15 is 0 Å². The van der Waals surface area contributed by atoms with Gasteiger partial charge >= 0.3 is 0 Å². The van der Waals surface area contributed by atoms with Crippen molar-refractivity contribution in [3.8, 4) is 0 Å². The van der Waals surface area contributed by atoms with Crippen molar-refractivity contribution >= 4 is 32.5 Å². The smallest absolute Gasteiger partial charge is 0.261 e. The number of amides is 1. The van der Waals surface area contributed by atoms with Crippen LogP contribution in [0.25, 0.3) is 10.9 Å². The lowest BCUT2D eigenvalue weighted by molar-refractivity contribution is 0.0754. The van der Waals surface area contributed by atoms with Crippen LogP contribution in [0, 0.1) is 0 Å². The average Bonchev–Trinajstić information content (AvgIpc) is 2.78. The first-order valence-corrected chi connectivity index (χ1v) is 12.4. The van der Waals surface area contributed by atoms with Gasteiger partial charge in [-0.25, -0.2) is 8.42 Å². The number of sulfonamides is 1. The van der Waals surface area contributed by atoms with Crippen molar-refractivity contribution in [2.24, 2.45) is 0 Å². The number of carbonyl (C=O) groups excluding carboxylic acids is 1. The predicted octanol–water partition coefficient (Wildman–Crippen LogP) is 4.15. The summed E-state index contributed by atoms with van der Waals surface area (Å²) in [5, 5.41) is 0.162. The summed E-state index contributed by atoms with van der Waals surface area (Å²) in [6, 6.07) is 11.5. The van der Waals surface area contributed by atoms with Gasteiger partial charge in [0.25, 0.3) is 15.9 Å². The molecule has 0 spiro atoms. The predicted molar refractivity (Wildman–Crippen MR) is 128 cm³/mol. The maximum Gasteiger partial charge on any atom is 0.261 e. The minimum absolute atomic E-state index is 0.0123. The number of aryl methyl sites for hydroxylation is 1. The summed E-state index contributed by atoms with van der Waals surface area (Å²) in [5.74, 6) is -0.347. The van der Waals surface area contributed by atoms with Gasteiger partial charge in [-0.05, 0) is 49.1 Å². The molecule has 2 aromatic carbocycles. The highest BCUT2D eigenvalue weighted by molar-refractivity contribution is 7.92. The standard InChI is InChI=1S/C24H29N3O4S/c1-4-13-27(14-5-2)24(29)20-16-25-22-12-11-18(15-19(22)23(20)28)32(30,31)26-21-10-8-7-9-17(21)6-3/h7-12,15-16,26H,4-6,13-14H2,1-3H3,(H,25,28). The van der Waals surface area contributed by atoms with Gasteiger partial charge in [0.1, 0.15) is 5.56 Å². The molecule has 8 heteroatoms. The molecule has 1 amide bonds. The third-order valence-electron chi connectivity index (χ3n) is 5.31. The Morgan fingerprint density at radius 3 is 2.38 bits per heavy atom. The number of nitrogens with zero attached hydrogens (tertiary/aromatic N) is 1. The van der Waals surface area contributed by atoms with E-state index in [1.807, 2.05) is 32.9 Å². The van der Waals surface area contributed by atoms with Crippen LogP contribution in [0.2, 0.25) is 0 Å². The van der Waals surface area contributed by atoms with Crippen molar-refractivity contribution in [2.45, 2.75) is 44.9 Å². The van der Waals surface area contributed by atoms with E-state index in [1.165, 1.54) is 18.3 Å². The van der Waals surface area contributed by atoms with Crippen molar-refractivity contribution in [3.63, 3.8) is 0 Å². The van der Waals surface area contributed by atoms with Crippen LogP contribution in [-0.2, 0) is 16.4 Å². The number of pyridine rings is 1. The van der Waals surface area contributed by atoms with Gasteiger partial charge in [-0.1, -0.05) is 39.0 Å². The molecular formula is C24H29N3O4S. The van der Waals surface area contributed by atoms with E-state index in [0.717, 1.165) is 18.4 Å². The zero-order valence-electron chi connectivity index (χ0n) is 18.6. The molecule has 170 valence electrons. The molecule has 0 unspecified atom stereocenters. The van der Waals surface area contributed by atoms with Gasteiger partial charge < -0.3 is 9.88 Å². The molecule has 0 aliphatic carbocycles. The van der Waals surface area contributed by atoms with Crippen molar-refractivity contribution < 1.29 is 13.2 Å². The number of aromatic nitrogens is 1. The molecule has 0 aliphatic rings. The lowest BCUT2D eigenvalue weighted by Crippen LogP contribution is -2.35. The molecule has 1 heterocycles. The van der Waals surface area contributed by atoms with E-state index in [9.17, 15) is 18.0 Å². The number of benzene rings is 2. The van der Waals surface area contributed by atoms with Crippen LogP contribution in [0.4, 0.5) is 5.69 Å². The van der Waals surface area contributed by atoms with E-state index in [1.54, 1.807) is 23.1 Å². The third kappa shape index (κ3) is 4.85. The average molecular weight is 456 g/mol. The van der Waals surface area contributed by atoms with Crippen molar-refractivity contribution in [2.75, 3.05) is 17.8 Å². The number of anilines is 1. The molecule has 0 saturated heterocycles. The summed E-state index contributed by atoms with van der Waals surface area (Å²) >= 11 is 0. The first-order valence-electron chi connectivity index (χ1n) is 10.9. The molecule has 32 heavy (non-hydrogen) atoms. The summed E-state index contributed by atoms with van der Waals surface area (Å²) in [4.78, 5) is 30.7. The number of para-hydroxylation sites is 1. The van der Waals surface area contributed by atoms with Gasteiger partial charge in [-0.15, -0.1) is 0 Å². The molecule has 0 bridgehead atoms. The largest absolute Gasteiger partial charge is 0.360 e. The Kier molecular flexibility index (Phi) is 7.35. The molecule has 1 aromatic heterocycles. The van der Waals surface area contributed by atoms with Crippen LogP contribution < -0.4 is 10.2 Å². The Morgan fingerprint density at radius 2 is 1.72 bits per heavy atom. The lowest BCUT2D eigenvalue weighted by atomic mass is 10.1. The summed E-state index contributed by atoms with van der Waals surface area (Å²) in [6.45, 7) is 7.00. The normalized spacial score (nSPS) is 11.5. The number of nitrogens with one attached hydrogen (secondary N) is 2. The van der Waals surface area contributed by atoms with Gasteiger partial charge in [-0.2, -0.15) is 0 Å². The molecule has 0 fully saturated rings. The van der Waals surface area contributed by atoms with Gasteiger partial charge in [0.2, 0.25) is 5.43 Å². The van der Waals surface area contributed by atoms with Crippen molar-refractivity contribution in [3.05, 3.63) is 70.0 Å². The van der Waals surface area contributed by atoms with Gasteiger partial charge in [-0.3, -0.25) is 14.3 Å². The molecule has 7 nitrogen and oxygen atoms in total. The quantitative estimate of drug-likeness (QED) is 0.506. The first kappa shape index (κ1) is 23.5. The van der Waals surface area contributed by atoms with E-state index in [2.05, 4.69) is 9.71 Å². The number of H-pyrrole nitrogens is 1. The van der Waals surface area contributed by atoms with E-state index in [-0.39, 0.29) is 21.8 Å². The van der Waals surface area contributed by atoms with Gasteiger partial charge in [0.05, 0.1) is 10.6 Å². The molecule has 0 atom stereocenters. The number of aromatic amines is 1. The summed E-state index contributed by atoms with van der Waals surface area (Å²) in [5.41, 5.74) is 1.37. The molecule has 0 saturated carbocycles. The topological polar surface area (TPSA) is 99.3 Å². The van der Waals surface area contributed by atoms with Gasteiger partial charge in [0.15, 0.2) is 0 Å². The van der Waals surface area contributed by atoms with Crippen LogP contribution in [0.15, 0.2) is 58.4 Å². The molecule has 2 N–H and O–H groups in total. The minimum Gasteiger partial charge on any atom is -0.360 e. The van der Waals surface area contributed by atoms with Crippen molar-refractivity contribution in [1.29, 1.82) is 0 Å². The van der Waals surface area contributed by atoms with E-state index in [0.29, 0.717) is 30.7 Å². The van der Waals surface area contributed by atoms with Crippen LogP contribution >= 0.6 is 0 Å². The minimum atomic E-state index is -3.92. The highest BCUT2D eigenvalue weighted by Gasteiger charge is 2.21. The fourth-order valence-electron chi connectivity index (χ4n) is 3.68. The van der Waals surface area contributed by atoms with E-state index in [4.69, 9.17) is 0 Å². The Morgan fingerprint density at radius 1 is 1.03 bits per heavy atom. The Hall–Kier alpha value is -3.13. The third-order valence-corrected chi connectivity index (χ3v) is 6.67. The zero-order chi connectivity index (χ0) is 23.3. The van der Waals surface area contributed by atoms with Gasteiger partial charge in [0, 0.05) is 30.2 Å². The lowest BCUT2D eigenvalue weighted by Gasteiger charge is -2.21. The second-order valence-corrected chi connectivity index (χ2v) is 9.33. The van der Waals surface area contributed by atoms with Crippen LogP contribution in [-0.4, -0.2) is 37.3 Å². The fourth-order valence-corrected chi connectivity index (χ4v) is 4.81. The molecule has 3 aromatic rings. The van der Waals surface area contributed by atoms with E-state index < -0.39 is 15.5 Å². The number of rotatable bonds is 9. The fraction of sp³-hybridized carbons (Fsp3) is 0.333. The Labute approximate surface area is 188 Å². The number of hydrogen-bond acceptors (Lipinski definition) is 4. The Balaban J connectivity index is 2.03. The summed E-state index contributed by atoms with van der Waals surface area (Å²) in [6.07, 6.45) is 3.65. The highest BCUT2D eigenvalue weighted by Crippen LogP contribution is 2.22. The number of fused-ring (bicyclic) bond motifs is 1. The number of hydrogen-bond donors (Lipinski definition) is 2. The monoisotopic (exact) mass is 455 g/mol. The maximum atomic E-state index is 13.1. The zero-order valence-corrected chi connectivity index (χ0v) is 19.5. The summed E-state index contributed by atoms with van der Waals surface area (Å²) < 4.78 is 28.7. The number of carbonyl (C=O) groups is 1. The maximum absolute atomic E-state index is 13.1. The Bertz CT molecular complexity index is 1280. The summed E-state index contributed by atoms with van der Waals surface area (Å²) in [7, 11) is -3.92. The van der Waals surface area contributed by atoms with Crippen LogP contribution in [0.5, 0.6) is 0 Å². The molecule has 0 aliphatic heterocycles. The molecular weight excluding hydrogens is 426 g/mol. The molecule has 3 rings (SSSR count). The molecule has 0 radical (unpaired) electrons. The first-order chi connectivity index (χ1) is 15.3. The highest BCUT2D eigenvalue weighted by atomic mass is 32.2. The van der Waals surface area contributed by atoms with Crippen LogP contribution in [0.3, 0.4) is 0 Å². The van der Waals surface area contributed by atoms with Crippen molar-refractivity contribution in [1.82, 2.24) is 9.88 Å². The van der Waals surface area contributed by atoms with Crippen LogP contribution in [0.1, 0.15) is 49.5 Å².